The lowest BCUT2D eigenvalue weighted by Crippen LogP contribution is -2.38. The summed E-state index contributed by atoms with van der Waals surface area (Å²) in [5.74, 6) is -1.08. The number of para-hydroxylation sites is 2. The number of nitro groups is 1. The Balaban J connectivity index is 1.51. The lowest BCUT2D eigenvalue weighted by atomic mass is 9.95. The van der Waals surface area contributed by atoms with Gasteiger partial charge < -0.3 is 19.6 Å². The third-order valence-electron chi connectivity index (χ3n) is 7.46. The number of imide groups is 1. The normalized spacial score (nSPS) is 17.5. The number of carbonyl (C=O) groups excluding carboxylic acids is 2. The minimum absolute atomic E-state index is 0.114. The van der Waals surface area contributed by atoms with Gasteiger partial charge in [0.1, 0.15) is 5.52 Å². The first kappa shape index (κ1) is 24.1. The Kier molecular flexibility index (Phi) is 6.05. The van der Waals surface area contributed by atoms with Crippen LogP contribution in [-0.2, 0) is 16.1 Å². The van der Waals surface area contributed by atoms with E-state index in [1.807, 2.05) is 24.3 Å². The fraction of sp³-hybridized carbons (Fsp3) is 0.286. The number of aromatic nitrogens is 2. The number of nitrogens with one attached hydrogen (secondary N) is 2. The number of nitro benzene ring substituents is 1. The van der Waals surface area contributed by atoms with Crippen LogP contribution in [0, 0.1) is 10.1 Å². The number of piperidine rings is 1. The highest BCUT2D eigenvalue weighted by atomic mass is 16.6. The topological polar surface area (TPSA) is 134 Å². The third kappa shape index (κ3) is 4.07. The molecule has 4 heterocycles. The fourth-order valence-electron chi connectivity index (χ4n) is 5.80. The molecule has 3 N–H and O–H groups in total. The summed E-state index contributed by atoms with van der Waals surface area (Å²) in [5, 5.41) is 26.6. The number of likely N-dealkylation sites (tertiary alicyclic amines) is 1. The number of benzene rings is 2. The quantitative estimate of drug-likeness (QED) is 0.197. The average molecular weight is 514 g/mol. The molecule has 0 spiro atoms. The Morgan fingerprint density at radius 1 is 0.921 bits per heavy atom. The van der Waals surface area contributed by atoms with Crippen molar-refractivity contribution in [2.45, 2.75) is 31.9 Å². The van der Waals surface area contributed by atoms with Gasteiger partial charge in [-0.25, -0.2) is 0 Å². The van der Waals surface area contributed by atoms with Crippen molar-refractivity contribution in [3.8, 4) is 0 Å². The van der Waals surface area contributed by atoms with Gasteiger partial charge in [-0.3, -0.25) is 25.0 Å². The lowest BCUT2D eigenvalue weighted by Gasteiger charge is -2.28. The van der Waals surface area contributed by atoms with E-state index >= 15 is 0 Å². The molecule has 0 radical (unpaired) electrons. The second kappa shape index (κ2) is 9.55. The minimum Gasteiger partial charge on any atom is -0.390 e. The molecule has 0 aliphatic carbocycles. The van der Waals surface area contributed by atoms with Crippen LogP contribution in [0.3, 0.4) is 0 Å². The van der Waals surface area contributed by atoms with E-state index in [9.17, 15) is 24.8 Å². The largest absolute Gasteiger partial charge is 0.390 e. The van der Waals surface area contributed by atoms with Gasteiger partial charge in [-0.05, 0) is 32.0 Å². The van der Waals surface area contributed by atoms with E-state index in [1.165, 1.54) is 12.5 Å². The Morgan fingerprint density at radius 2 is 1.63 bits per heavy atom. The van der Waals surface area contributed by atoms with Crippen LogP contribution < -0.4 is 5.32 Å². The smallest absolute Gasteiger partial charge is 0.293 e. The van der Waals surface area contributed by atoms with Gasteiger partial charge in [-0.2, -0.15) is 0 Å². The number of fused-ring (bicyclic) bond motifs is 2. The molecule has 2 aliphatic rings. The molecule has 6 rings (SSSR count). The number of β-amino-alcohol motifs (C(OH)–C–C–N with tert-alkyl or cyclic N) is 1. The molecule has 2 amide bonds. The van der Waals surface area contributed by atoms with E-state index < -0.39 is 22.8 Å². The van der Waals surface area contributed by atoms with Crippen LogP contribution in [0.5, 0.6) is 0 Å². The molecule has 1 atom stereocenters. The van der Waals surface area contributed by atoms with Crippen molar-refractivity contribution < 1.29 is 19.6 Å². The molecule has 0 bridgehead atoms. The predicted octanol–water partition coefficient (Wildman–Crippen LogP) is 3.44. The van der Waals surface area contributed by atoms with Crippen molar-refractivity contribution in [3.05, 3.63) is 76.1 Å². The molecule has 194 valence electrons. The van der Waals surface area contributed by atoms with Crippen molar-refractivity contribution >= 4 is 50.5 Å². The lowest BCUT2D eigenvalue weighted by molar-refractivity contribution is -0.383. The summed E-state index contributed by atoms with van der Waals surface area (Å²) >= 11 is 0. The highest BCUT2D eigenvalue weighted by molar-refractivity contribution is 6.50. The first-order chi connectivity index (χ1) is 18.4. The summed E-state index contributed by atoms with van der Waals surface area (Å²) in [5.41, 5.74) is 2.37. The summed E-state index contributed by atoms with van der Waals surface area (Å²) < 4.78 is 1.65. The van der Waals surface area contributed by atoms with Gasteiger partial charge in [0.2, 0.25) is 0 Å². The average Bonchev–Trinajstić information content (AvgIpc) is 3.57. The standard InChI is InChI=1S/C28H27N5O5/c34-17(14-31-11-4-1-5-12-31)15-32-16-21(19-8-6-10-23(26(19)32)33(37)38)25-24(27(35)30-28(25)36)20-13-29-22-9-3-2-7-18(20)22/h2-3,6-10,13,16-17,29,34H,1,4-5,11-12,14-15H2,(H,30,35,36). The van der Waals surface area contributed by atoms with Gasteiger partial charge in [0.15, 0.2) is 0 Å². The summed E-state index contributed by atoms with van der Waals surface area (Å²) in [7, 11) is 0. The van der Waals surface area contributed by atoms with E-state index in [2.05, 4.69) is 15.2 Å². The molecular weight excluding hydrogens is 486 g/mol. The van der Waals surface area contributed by atoms with Gasteiger partial charge >= 0.3 is 0 Å². The zero-order chi connectivity index (χ0) is 26.4. The zero-order valence-electron chi connectivity index (χ0n) is 20.6. The van der Waals surface area contributed by atoms with Gasteiger partial charge in [-0.1, -0.05) is 36.8 Å². The monoisotopic (exact) mass is 513 g/mol. The number of H-pyrrole nitrogens is 1. The SMILES string of the molecule is O=C1NC(=O)C(c2cn(CC(O)CN3CCCCC3)c3c([N+](=O)[O-])cccc23)=C1c1c[nH]c2ccccc12. The number of rotatable bonds is 7. The molecule has 10 heteroatoms. The number of aliphatic hydroxyl groups excluding tert-OH is 1. The molecule has 38 heavy (non-hydrogen) atoms. The van der Waals surface area contributed by atoms with Crippen molar-refractivity contribution in [1.82, 2.24) is 19.8 Å². The van der Waals surface area contributed by atoms with Crippen molar-refractivity contribution in [2.75, 3.05) is 19.6 Å². The Hall–Kier alpha value is -4.28. The Bertz CT molecular complexity index is 1630. The maximum atomic E-state index is 13.2. The van der Waals surface area contributed by atoms with Crippen LogP contribution in [-0.4, -0.2) is 62.0 Å². The van der Waals surface area contributed by atoms with Crippen LogP contribution in [0.15, 0.2) is 54.9 Å². The molecule has 2 aromatic carbocycles. The highest BCUT2D eigenvalue weighted by Gasteiger charge is 2.36. The van der Waals surface area contributed by atoms with E-state index in [1.54, 1.807) is 29.1 Å². The number of aromatic amines is 1. The number of hydrogen-bond donors (Lipinski definition) is 3. The maximum Gasteiger partial charge on any atom is 0.293 e. The Morgan fingerprint density at radius 3 is 2.39 bits per heavy atom. The number of non-ortho nitro benzene ring substituents is 1. The number of hydrogen-bond acceptors (Lipinski definition) is 6. The maximum absolute atomic E-state index is 13.2. The number of nitrogens with zero attached hydrogens (tertiary/aromatic N) is 3. The number of carbonyl (C=O) groups is 2. The van der Waals surface area contributed by atoms with Gasteiger partial charge in [0, 0.05) is 52.4 Å². The van der Waals surface area contributed by atoms with Gasteiger partial charge in [0.25, 0.3) is 17.5 Å². The molecule has 1 unspecified atom stereocenters. The molecule has 10 nitrogen and oxygen atoms in total. The molecule has 2 aliphatic heterocycles. The van der Waals surface area contributed by atoms with E-state index in [4.69, 9.17) is 0 Å². The number of amides is 2. The first-order valence-corrected chi connectivity index (χ1v) is 12.8. The summed E-state index contributed by atoms with van der Waals surface area (Å²) in [4.78, 5) is 43.1. The fourth-order valence-corrected chi connectivity index (χ4v) is 5.80. The highest BCUT2D eigenvalue weighted by Crippen LogP contribution is 2.40. The molecular formula is C28H27N5O5. The third-order valence-corrected chi connectivity index (χ3v) is 7.46. The van der Waals surface area contributed by atoms with Crippen LogP contribution >= 0.6 is 0 Å². The van der Waals surface area contributed by atoms with Crippen LogP contribution in [0.2, 0.25) is 0 Å². The number of aliphatic hydroxyl groups is 1. The molecule has 1 saturated heterocycles. The van der Waals surface area contributed by atoms with Crippen LogP contribution in [0.4, 0.5) is 5.69 Å². The Labute approximate surface area is 217 Å². The summed E-state index contributed by atoms with van der Waals surface area (Å²) in [6.45, 7) is 2.40. The van der Waals surface area contributed by atoms with Crippen molar-refractivity contribution in [2.24, 2.45) is 0 Å². The van der Waals surface area contributed by atoms with E-state index in [0.717, 1.165) is 36.8 Å². The first-order valence-electron chi connectivity index (χ1n) is 12.8. The zero-order valence-corrected chi connectivity index (χ0v) is 20.6. The molecule has 0 saturated carbocycles. The minimum atomic E-state index is -0.766. The second-order valence-corrected chi connectivity index (χ2v) is 9.92. The van der Waals surface area contributed by atoms with Gasteiger partial charge in [-0.15, -0.1) is 0 Å². The van der Waals surface area contributed by atoms with E-state index in [0.29, 0.717) is 28.6 Å². The second-order valence-electron chi connectivity index (χ2n) is 9.92. The van der Waals surface area contributed by atoms with Crippen LogP contribution in [0.1, 0.15) is 30.4 Å². The predicted molar refractivity (Wildman–Crippen MR) is 143 cm³/mol. The van der Waals surface area contributed by atoms with E-state index in [-0.39, 0.29) is 23.4 Å². The van der Waals surface area contributed by atoms with Crippen molar-refractivity contribution in [3.63, 3.8) is 0 Å². The molecule has 1 fully saturated rings. The summed E-state index contributed by atoms with van der Waals surface area (Å²) in [6, 6.07) is 12.2. The van der Waals surface area contributed by atoms with Gasteiger partial charge in [0.05, 0.1) is 28.7 Å². The molecule has 2 aromatic heterocycles. The van der Waals surface area contributed by atoms with Crippen LogP contribution in [0.25, 0.3) is 33.0 Å². The summed E-state index contributed by atoms with van der Waals surface area (Å²) in [6.07, 6.45) is 5.93. The molecule has 4 aromatic rings. The van der Waals surface area contributed by atoms with Crippen molar-refractivity contribution in [1.29, 1.82) is 0 Å².